The van der Waals surface area contributed by atoms with Gasteiger partial charge >= 0.3 is 0 Å². The molecular weight excluding hydrogens is 961 g/mol. The molecule has 3 nitrogen and oxygen atoms in total. The Morgan fingerprint density at radius 3 is 1.98 bits per heavy atom. The Morgan fingerprint density at radius 2 is 1.30 bits per heavy atom. The minimum Gasteiger partial charge on any atom is -0.501 e. The molecule has 0 aliphatic carbocycles. The standard InChI is InChI=1S/C35H30NO.C23H26NSi.Ir/c1-22-18-23(2)33(24(3)19-22)25-16-17-36-31(20-25)29-13-9-12-28-30-21-27(14-15-32(30)37-34(28)29)35(4,5)26-10-7-6-8-11-26;1-17(2)21-15-22(24-16-23(21)25(3,4)5)20-13-9-12-19(14-20)18-10-7-6-8-11-18;/h6-12,14-21H,1-5H3;6-12,14-17H,1-5H3;/q2*-1;. The molecule has 63 heavy (non-hydrogen) atoms. The van der Waals surface area contributed by atoms with E-state index in [0.717, 1.165) is 50.0 Å². The molecule has 1 radical (unpaired) electrons. The van der Waals surface area contributed by atoms with Crippen LogP contribution in [0.4, 0.5) is 0 Å². The zero-order chi connectivity index (χ0) is 43.8. The quantitative estimate of drug-likeness (QED) is 0.112. The molecule has 0 amide bonds. The largest absolute Gasteiger partial charge is 0.501 e. The van der Waals surface area contributed by atoms with Crippen molar-refractivity contribution in [3.8, 4) is 44.8 Å². The van der Waals surface area contributed by atoms with Gasteiger partial charge in [-0.05, 0) is 100 Å². The number of fused-ring (bicyclic) bond motifs is 3. The minimum absolute atomic E-state index is 0. The van der Waals surface area contributed by atoms with Crippen LogP contribution in [0, 0.1) is 32.9 Å². The van der Waals surface area contributed by atoms with Crippen molar-refractivity contribution in [3.05, 3.63) is 197 Å². The molecule has 0 spiro atoms. The van der Waals surface area contributed by atoms with Crippen molar-refractivity contribution in [2.24, 2.45) is 0 Å². The van der Waals surface area contributed by atoms with E-state index >= 15 is 0 Å². The number of aromatic nitrogens is 2. The molecule has 0 unspecified atom stereocenters. The summed E-state index contributed by atoms with van der Waals surface area (Å²) in [4.78, 5) is 9.53. The summed E-state index contributed by atoms with van der Waals surface area (Å²) in [7, 11) is -1.40. The number of furan rings is 1. The molecule has 3 heterocycles. The molecule has 6 aromatic carbocycles. The molecule has 0 bridgehead atoms. The SMILES string of the molecule is CC(C)c1cc(-c2[c-]ccc(-c3ccccc3)c2)ncc1[Si](C)(C)C.Cc1cc(C)c(-c2ccnc(-c3[c-]ccc4c3oc3ccc(C(C)(C)c5ccccc5)cc34)c2)c(C)c1.[Ir]. The van der Waals surface area contributed by atoms with Gasteiger partial charge in [0.2, 0.25) is 0 Å². The number of hydrogen-bond donors (Lipinski definition) is 0. The number of pyridine rings is 2. The van der Waals surface area contributed by atoms with Gasteiger partial charge in [-0.15, -0.1) is 53.6 Å². The van der Waals surface area contributed by atoms with Gasteiger partial charge < -0.3 is 14.4 Å². The average molecular weight is 1020 g/mol. The number of hydrogen-bond acceptors (Lipinski definition) is 3. The van der Waals surface area contributed by atoms with E-state index in [1.807, 2.05) is 24.4 Å². The van der Waals surface area contributed by atoms with Gasteiger partial charge in [0, 0.05) is 43.3 Å². The molecule has 9 aromatic rings. The maximum Gasteiger partial charge on any atom is 0.120 e. The van der Waals surface area contributed by atoms with Crippen LogP contribution in [0.1, 0.15) is 67.0 Å². The maximum absolute atomic E-state index is 6.45. The van der Waals surface area contributed by atoms with Crippen molar-refractivity contribution in [2.45, 2.75) is 79.4 Å². The molecule has 0 N–H and O–H groups in total. The number of aryl methyl sites for hydroxylation is 3. The Labute approximate surface area is 389 Å². The van der Waals surface area contributed by atoms with Crippen molar-refractivity contribution in [1.82, 2.24) is 9.97 Å². The fraction of sp³-hybridized carbons (Fsp3) is 0.207. The Balaban J connectivity index is 0.000000201. The number of nitrogens with zero attached hydrogens (tertiary/aromatic N) is 2. The summed E-state index contributed by atoms with van der Waals surface area (Å²) in [6, 6.07) is 55.9. The van der Waals surface area contributed by atoms with Crippen LogP contribution in [0.2, 0.25) is 19.6 Å². The number of benzene rings is 6. The van der Waals surface area contributed by atoms with Crippen LogP contribution in [0.15, 0.2) is 156 Å². The summed E-state index contributed by atoms with van der Waals surface area (Å²) < 4.78 is 6.45. The van der Waals surface area contributed by atoms with Crippen molar-refractivity contribution >= 4 is 35.2 Å². The molecule has 0 saturated carbocycles. The second kappa shape index (κ2) is 18.6. The monoisotopic (exact) mass is 1020 g/mol. The maximum atomic E-state index is 6.45. The van der Waals surface area contributed by atoms with Gasteiger partial charge in [-0.3, -0.25) is 0 Å². The van der Waals surface area contributed by atoms with Crippen LogP contribution in [0.5, 0.6) is 0 Å². The van der Waals surface area contributed by atoms with E-state index in [0.29, 0.717) is 5.92 Å². The van der Waals surface area contributed by atoms with Crippen molar-refractivity contribution < 1.29 is 24.5 Å². The first kappa shape index (κ1) is 45.3. The van der Waals surface area contributed by atoms with Gasteiger partial charge in [0.25, 0.3) is 0 Å². The predicted octanol–water partition coefficient (Wildman–Crippen LogP) is 15.2. The zero-order valence-corrected chi connectivity index (χ0v) is 41.5. The van der Waals surface area contributed by atoms with E-state index in [-0.39, 0.29) is 25.5 Å². The predicted molar refractivity (Wildman–Crippen MR) is 265 cm³/mol. The molecule has 0 aliphatic heterocycles. The summed E-state index contributed by atoms with van der Waals surface area (Å²) in [6.07, 6.45) is 4.00. The van der Waals surface area contributed by atoms with Crippen molar-refractivity contribution in [2.75, 3.05) is 0 Å². The van der Waals surface area contributed by atoms with E-state index in [2.05, 4.69) is 208 Å². The Hall–Kier alpha value is -5.71. The summed E-state index contributed by atoms with van der Waals surface area (Å²) in [5, 5.41) is 3.67. The Kier molecular flexibility index (Phi) is 13.3. The van der Waals surface area contributed by atoms with Crippen LogP contribution in [-0.4, -0.2) is 18.0 Å². The first-order valence-electron chi connectivity index (χ1n) is 21.7. The van der Waals surface area contributed by atoms with Crippen LogP contribution >= 0.6 is 0 Å². The molecule has 5 heteroatoms. The smallest absolute Gasteiger partial charge is 0.120 e. The summed E-state index contributed by atoms with van der Waals surface area (Å²) >= 11 is 0. The second-order valence-corrected chi connectivity index (χ2v) is 23.6. The average Bonchev–Trinajstić information content (AvgIpc) is 3.65. The van der Waals surface area contributed by atoms with Gasteiger partial charge in [0.15, 0.2) is 0 Å². The Bertz CT molecular complexity index is 3010. The van der Waals surface area contributed by atoms with Crippen LogP contribution in [0.25, 0.3) is 66.7 Å². The van der Waals surface area contributed by atoms with Crippen LogP contribution < -0.4 is 5.19 Å². The van der Waals surface area contributed by atoms with E-state index < -0.39 is 8.07 Å². The molecule has 0 fully saturated rings. The molecule has 3 aromatic heterocycles. The van der Waals surface area contributed by atoms with Crippen molar-refractivity contribution in [1.29, 1.82) is 0 Å². The third-order valence-corrected chi connectivity index (χ3v) is 14.2. The second-order valence-electron chi connectivity index (χ2n) is 18.5. The van der Waals surface area contributed by atoms with Gasteiger partial charge in [0.1, 0.15) is 5.58 Å². The first-order valence-corrected chi connectivity index (χ1v) is 25.2. The summed E-state index contributed by atoms with van der Waals surface area (Å²) in [6.45, 7) is 22.7. The van der Waals surface area contributed by atoms with E-state index in [1.165, 1.54) is 55.3 Å². The topological polar surface area (TPSA) is 38.9 Å². The van der Waals surface area contributed by atoms with Crippen LogP contribution in [-0.2, 0) is 25.5 Å². The van der Waals surface area contributed by atoms with E-state index in [4.69, 9.17) is 14.4 Å². The van der Waals surface area contributed by atoms with Gasteiger partial charge in [0.05, 0.1) is 13.7 Å². The van der Waals surface area contributed by atoms with Gasteiger partial charge in [-0.25, -0.2) is 0 Å². The fourth-order valence-electron chi connectivity index (χ4n) is 8.85. The molecular formula is C58H56IrN2OSi-2. The first-order chi connectivity index (χ1) is 29.7. The molecule has 0 atom stereocenters. The number of rotatable bonds is 8. The zero-order valence-electron chi connectivity index (χ0n) is 38.1. The van der Waals surface area contributed by atoms with E-state index in [9.17, 15) is 0 Å². The third-order valence-electron chi connectivity index (χ3n) is 12.2. The summed E-state index contributed by atoms with van der Waals surface area (Å²) in [5.74, 6) is 0.501. The van der Waals surface area contributed by atoms with E-state index in [1.54, 1.807) is 0 Å². The van der Waals surface area contributed by atoms with Crippen molar-refractivity contribution in [3.63, 3.8) is 0 Å². The molecule has 0 saturated heterocycles. The normalized spacial score (nSPS) is 11.7. The van der Waals surface area contributed by atoms with Gasteiger partial charge in [-0.2, -0.15) is 0 Å². The van der Waals surface area contributed by atoms with Crippen LogP contribution in [0.3, 0.4) is 0 Å². The fourth-order valence-corrected chi connectivity index (χ4v) is 10.5. The molecule has 0 aliphatic rings. The minimum atomic E-state index is -1.40. The molecule has 9 rings (SSSR count). The third kappa shape index (κ3) is 9.48. The molecule has 319 valence electrons. The summed E-state index contributed by atoms with van der Waals surface area (Å²) in [5.41, 5.74) is 18.1. The Morgan fingerprint density at radius 1 is 0.619 bits per heavy atom. The van der Waals surface area contributed by atoms with Gasteiger partial charge in [-0.1, -0.05) is 160 Å².